The lowest BCUT2D eigenvalue weighted by Gasteiger charge is -2.10. The van der Waals surface area contributed by atoms with E-state index in [2.05, 4.69) is 5.32 Å². The molecular formula is C12H16N2O2. The van der Waals surface area contributed by atoms with Gasteiger partial charge in [-0.1, -0.05) is 0 Å². The van der Waals surface area contributed by atoms with Crippen LogP contribution in [0.2, 0.25) is 0 Å². The number of methoxy groups -OCH3 is 1. The van der Waals surface area contributed by atoms with E-state index in [1.54, 1.807) is 7.11 Å². The maximum Gasteiger partial charge on any atom is 0.221 e. The van der Waals surface area contributed by atoms with Gasteiger partial charge in [-0.2, -0.15) is 0 Å². The molecule has 0 radical (unpaired) electrons. The molecule has 1 aromatic rings. The van der Waals surface area contributed by atoms with E-state index in [0.717, 1.165) is 23.4 Å². The van der Waals surface area contributed by atoms with Crippen molar-refractivity contribution in [1.29, 1.82) is 0 Å². The Balaban J connectivity index is 2.28. The van der Waals surface area contributed by atoms with Crippen LogP contribution in [0.3, 0.4) is 0 Å². The summed E-state index contributed by atoms with van der Waals surface area (Å²) in [6, 6.07) is 5.86. The van der Waals surface area contributed by atoms with Crippen molar-refractivity contribution in [1.82, 2.24) is 0 Å². The van der Waals surface area contributed by atoms with Gasteiger partial charge in [0, 0.05) is 30.1 Å². The van der Waals surface area contributed by atoms with Crippen LogP contribution in [0.4, 0.5) is 5.69 Å². The van der Waals surface area contributed by atoms with Crippen LogP contribution >= 0.6 is 0 Å². The lowest BCUT2D eigenvalue weighted by Crippen LogP contribution is -2.07. The second-order valence-corrected chi connectivity index (χ2v) is 4.14. The van der Waals surface area contributed by atoms with E-state index in [4.69, 9.17) is 10.5 Å². The number of nitrogens with one attached hydrogen (secondary N) is 1. The van der Waals surface area contributed by atoms with E-state index < -0.39 is 0 Å². The Morgan fingerprint density at radius 1 is 1.56 bits per heavy atom. The number of anilines is 1. The van der Waals surface area contributed by atoms with Gasteiger partial charge in [-0.3, -0.25) is 4.79 Å². The van der Waals surface area contributed by atoms with Crippen LogP contribution in [0.15, 0.2) is 18.2 Å². The highest BCUT2D eigenvalue weighted by Gasteiger charge is 2.37. The fourth-order valence-electron chi connectivity index (χ4n) is 1.88. The summed E-state index contributed by atoms with van der Waals surface area (Å²) in [4.78, 5) is 11.0. The number of ether oxygens (including phenoxy) is 1. The molecule has 1 fully saturated rings. The number of rotatable bonds is 3. The van der Waals surface area contributed by atoms with Crippen molar-refractivity contribution in [3.05, 3.63) is 23.8 Å². The van der Waals surface area contributed by atoms with Crippen molar-refractivity contribution < 1.29 is 9.53 Å². The molecule has 1 amide bonds. The van der Waals surface area contributed by atoms with Crippen LogP contribution in [0.1, 0.15) is 24.8 Å². The molecule has 2 unspecified atom stereocenters. The van der Waals surface area contributed by atoms with E-state index in [1.165, 1.54) is 6.92 Å². The van der Waals surface area contributed by atoms with Crippen LogP contribution in [0.25, 0.3) is 0 Å². The third-order valence-corrected chi connectivity index (χ3v) is 2.79. The first-order valence-corrected chi connectivity index (χ1v) is 5.33. The molecule has 1 aliphatic carbocycles. The van der Waals surface area contributed by atoms with E-state index in [9.17, 15) is 4.79 Å². The SMILES string of the molecule is COc1ccc(NC(C)=O)cc1C1CC1N. The highest BCUT2D eigenvalue weighted by Crippen LogP contribution is 2.44. The first-order valence-electron chi connectivity index (χ1n) is 5.33. The zero-order valence-electron chi connectivity index (χ0n) is 9.49. The van der Waals surface area contributed by atoms with Crippen molar-refractivity contribution in [2.45, 2.75) is 25.3 Å². The van der Waals surface area contributed by atoms with Gasteiger partial charge in [0.15, 0.2) is 0 Å². The van der Waals surface area contributed by atoms with Crippen LogP contribution in [-0.2, 0) is 4.79 Å². The summed E-state index contributed by atoms with van der Waals surface area (Å²) in [7, 11) is 1.64. The first-order chi connectivity index (χ1) is 7.61. The van der Waals surface area contributed by atoms with Crippen molar-refractivity contribution >= 4 is 11.6 Å². The van der Waals surface area contributed by atoms with Crippen LogP contribution < -0.4 is 15.8 Å². The molecule has 1 aliphatic rings. The molecule has 16 heavy (non-hydrogen) atoms. The molecule has 4 heteroatoms. The molecule has 2 atom stereocenters. The van der Waals surface area contributed by atoms with E-state index in [1.807, 2.05) is 18.2 Å². The predicted octanol–water partition coefficient (Wildman–Crippen LogP) is 1.47. The molecule has 1 saturated carbocycles. The van der Waals surface area contributed by atoms with E-state index in [-0.39, 0.29) is 11.9 Å². The molecule has 0 aromatic heterocycles. The lowest BCUT2D eigenvalue weighted by molar-refractivity contribution is -0.114. The lowest BCUT2D eigenvalue weighted by atomic mass is 10.1. The molecular weight excluding hydrogens is 204 g/mol. The van der Waals surface area contributed by atoms with Gasteiger partial charge >= 0.3 is 0 Å². The minimum Gasteiger partial charge on any atom is -0.496 e. The summed E-state index contributed by atoms with van der Waals surface area (Å²) in [5, 5.41) is 2.76. The molecule has 4 nitrogen and oxygen atoms in total. The summed E-state index contributed by atoms with van der Waals surface area (Å²) in [5.41, 5.74) is 7.71. The fourth-order valence-corrected chi connectivity index (χ4v) is 1.88. The normalized spacial score (nSPS) is 22.7. The van der Waals surface area contributed by atoms with Gasteiger partial charge in [0.25, 0.3) is 0 Å². The number of carbonyl (C=O) groups excluding carboxylic acids is 1. The number of hydrogen-bond acceptors (Lipinski definition) is 3. The highest BCUT2D eigenvalue weighted by molar-refractivity contribution is 5.88. The second-order valence-electron chi connectivity index (χ2n) is 4.14. The average molecular weight is 220 g/mol. The maximum atomic E-state index is 11.0. The number of nitrogens with two attached hydrogens (primary N) is 1. The summed E-state index contributed by atoms with van der Waals surface area (Å²) in [6.45, 7) is 1.49. The van der Waals surface area contributed by atoms with Crippen molar-refractivity contribution in [2.24, 2.45) is 5.73 Å². The zero-order valence-corrected chi connectivity index (χ0v) is 9.49. The molecule has 0 saturated heterocycles. The maximum absolute atomic E-state index is 11.0. The topological polar surface area (TPSA) is 64.3 Å². The summed E-state index contributed by atoms with van der Waals surface area (Å²) >= 11 is 0. The fraction of sp³-hybridized carbons (Fsp3) is 0.417. The van der Waals surface area contributed by atoms with Gasteiger partial charge in [-0.25, -0.2) is 0 Å². The molecule has 2 rings (SSSR count). The standard InChI is InChI=1S/C12H16N2O2/c1-7(15)14-8-3-4-12(16-2)10(5-8)9-6-11(9)13/h3-5,9,11H,6,13H2,1-2H3,(H,14,15). The highest BCUT2D eigenvalue weighted by atomic mass is 16.5. The van der Waals surface area contributed by atoms with Crippen LogP contribution in [0.5, 0.6) is 5.75 Å². The Morgan fingerprint density at radius 2 is 2.25 bits per heavy atom. The minimum absolute atomic E-state index is 0.0730. The summed E-state index contributed by atoms with van der Waals surface area (Å²) < 4.78 is 5.29. The molecule has 0 aliphatic heterocycles. The van der Waals surface area contributed by atoms with Gasteiger partial charge in [-0.05, 0) is 24.6 Å². The second kappa shape index (κ2) is 4.14. The molecule has 0 heterocycles. The van der Waals surface area contributed by atoms with Crippen molar-refractivity contribution in [3.63, 3.8) is 0 Å². The number of benzene rings is 1. The van der Waals surface area contributed by atoms with Crippen molar-refractivity contribution in [2.75, 3.05) is 12.4 Å². The molecule has 3 N–H and O–H groups in total. The molecule has 1 aromatic carbocycles. The summed E-state index contributed by atoms with van der Waals surface area (Å²) in [6.07, 6.45) is 0.986. The van der Waals surface area contributed by atoms with Gasteiger partial charge in [0.2, 0.25) is 5.91 Å². The first kappa shape index (κ1) is 11.0. The Bertz CT molecular complexity index is 417. The van der Waals surface area contributed by atoms with Gasteiger partial charge in [0.05, 0.1) is 7.11 Å². The van der Waals surface area contributed by atoms with Crippen molar-refractivity contribution in [3.8, 4) is 5.75 Å². The minimum atomic E-state index is -0.0730. The van der Waals surface area contributed by atoms with Gasteiger partial charge in [-0.15, -0.1) is 0 Å². The molecule has 0 spiro atoms. The third kappa shape index (κ3) is 2.17. The molecule has 0 bridgehead atoms. The van der Waals surface area contributed by atoms with E-state index >= 15 is 0 Å². The third-order valence-electron chi connectivity index (χ3n) is 2.79. The Morgan fingerprint density at radius 3 is 2.75 bits per heavy atom. The Labute approximate surface area is 94.8 Å². The number of hydrogen-bond donors (Lipinski definition) is 2. The average Bonchev–Trinajstić information content (AvgIpc) is 2.94. The summed E-state index contributed by atoms with van der Waals surface area (Å²) in [5.74, 6) is 1.13. The van der Waals surface area contributed by atoms with Gasteiger partial charge < -0.3 is 15.8 Å². The quantitative estimate of drug-likeness (QED) is 0.810. The van der Waals surface area contributed by atoms with E-state index in [0.29, 0.717) is 5.92 Å². The van der Waals surface area contributed by atoms with Crippen LogP contribution in [0, 0.1) is 0 Å². The molecule has 86 valence electrons. The van der Waals surface area contributed by atoms with Gasteiger partial charge in [0.1, 0.15) is 5.75 Å². The smallest absolute Gasteiger partial charge is 0.221 e. The Kier molecular flexibility index (Phi) is 2.83. The number of carbonyl (C=O) groups is 1. The zero-order chi connectivity index (χ0) is 11.7. The largest absolute Gasteiger partial charge is 0.496 e. The number of amides is 1. The monoisotopic (exact) mass is 220 g/mol. The van der Waals surface area contributed by atoms with Crippen LogP contribution in [-0.4, -0.2) is 19.1 Å². The Hall–Kier alpha value is -1.55. The predicted molar refractivity (Wildman–Crippen MR) is 62.6 cm³/mol.